The Morgan fingerprint density at radius 3 is 2.73 bits per heavy atom. The summed E-state index contributed by atoms with van der Waals surface area (Å²) in [6.07, 6.45) is 3.29. The normalized spacial score (nSPS) is 14.8. The lowest BCUT2D eigenvalue weighted by atomic mass is 10.1. The molecule has 0 bridgehead atoms. The number of hydrogen-bond acceptors (Lipinski definition) is 5. The Morgan fingerprint density at radius 2 is 2.04 bits per heavy atom. The van der Waals surface area contributed by atoms with Crippen molar-refractivity contribution in [1.82, 2.24) is 0 Å². The third-order valence-electron chi connectivity index (χ3n) is 3.54. The Bertz CT molecular complexity index is 904. The highest BCUT2D eigenvalue weighted by atomic mass is 79.9. The van der Waals surface area contributed by atoms with Gasteiger partial charge in [-0.3, -0.25) is 0 Å². The predicted molar refractivity (Wildman–Crippen MR) is 103 cm³/mol. The molecule has 3 rings (SSSR count). The van der Waals surface area contributed by atoms with Crippen LogP contribution in [0.4, 0.5) is 0 Å². The van der Waals surface area contributed by atoms with Crippen molar-refractivity contribution in [1.29, 1.82) is 0 Å². The van der Waals surface area contributed by atoms with E-state index in [1.165, 1.54) is 0 Å². The number of rotatable bonds is 6. The summed E-state index contributed by atoms with van der Waals surface area (Å²) in [5, 5.41) is 0. The van der Waals surface area contributed by atoms with Gasteiger partial charge in [0.05, 0.1) is 11.6 Å². The van der Waals surface area contributed by atoms with E-state index in [9.17, 15) is 4.79 Å². The zero-order valence-corrected chi connectivity index (χ0v) is 15.7. The van der Waals surface area contributed by atoms with Gasteiger partial charge in [-0.15, -0.1) is 0 Å². The van der Waals surface area contributed by atoms with Gasteiger partial charge < -0.3 is 14.2 Å². The first-order valence-electron chi connectivity index (χ1n) is 7.81. The van der Waals surface area contributed by atoms with Crippen LogP contribution in [0.15, 0.2) is 70.3 Å². The van der Waals surface area contributed by atoms with Crippen molar-refractivity contribution in [2.75, 3.05) is 13.7 Å². The van der Waals surface area contributed by atoms with Gasteiger partial charge in [0, 0.05) is 5.56 Å². The number of nitrogens with zero attached hydrogens (tertiary/aromatic N) is 1. The third-order valence-corrected chi connectivity index (χ3v) is 4.13. The maximum Gasteiger partial charge on any atom is 0.363 e. The molecule has 0 unspecified atom stereocenters. The van der Waals surface area contributed by atoms with Crippen LogP contribution in [0.2, 0.25) is 0 Å². The molecule has 0 aromatic heterocycles. The number of hydrogen-bond donors (Lipinski definition) is 0. The summed E-state index contributed by atoms with van der Waals surface area (Å²) in [4.78, 5) is 16.4. The van der Waals surface area contributed by atoms with Crippen LogP contribution in [-0.2, 0) is 9.53 Å². The molecule has 2 aromatic carbocycles. The number of carbonyl (C=O) groups is 1. The average molecular weight is 414 g/mol. The molecule has 0 radical (unpaired) electrons. The van der Waals surface area contributed by atoms with Crippen molar-refractivity contribution in [3.8, 4) is 11.5 Å². The summed E-state index contributed by atoms with van der Waals surface area (Å²) in [6, 6.07) is 12.9. The quantitative estimate of drug-likeness (QED) is 0.400. The van der Waals surface area contributed by atoms with Crippen LogP contribution in [0, 0.1) is 0 Å². The zero-order valence-electron chi connectivity index (χ0n) is 14.1. The van der Waals surface area contributed by atoms with Crippen molar-refractivity contribution in [2.45, 2.75) is 0 Å². The van der Waals surface area contributed by atoms with Crippen LogP contribution in [0.5, 0.6) is 11.5 Å². The maximum absolute atomic E-state index is 12.1. The van der Waals surface area contributed by atoms with Gasteiger partial charge in [0.25, 0.3) is 0 Å². The Balaban J connectivity index is 1.94. The second-order valence-electron chi connectivity index (χ2n) is 5.34. The van der Waals surface area contributed by atoms with Gasteiger partial charge in [-0.05, 0) is 51.8 Å². The number of methoxy groups -OCH3 is 1. The largest absolute Gasteiger partial charge is 0.493 e. The lowest BCUT2D eigenvalue weighted by molar-refractivity contribution is -0.129. The maximum atomic E-state index is 12.1. The molecule has 0 atom stereocenters. The minimum atomic E-state index is -0.495. The number of benzene rings is 2. The van der Waals surface area contributed by atoms with E-state index in [1.54, 1.807) is 25.3 Å². The summed E-state index contributed by atoms with van der Waals surface area (Å²) < 4.78 is 16.9. The number of cyclic esters (lactones) is 1. The van der Waals surface area contributed by atoms with Gasteiger partial charge in [0.15, 0.2) is 17.2 Å². The van der Waals surface area contributed by atoms with Gasteiger partial charge >= 0.3 is 5.97 Å². The Hall–Kier alpha value is -2.86. The zero-order chi connectivity index (χ0) is 18.5. The van der Waals surface area contributed by atoms with E-state index in [1.807, 2.05) is 36.4 Å². The summed E-state index contributed by atoms with van der Waals surface area (Å²) in [5.74, 6) is 0.897. The van der Waals surface area contributed by atoms with Crippen LogP contribution in [0.25, 0.3) is 6.08 Å². The molecule has 132 valence electrons. The number of aliphatic imine (C=N–C) groups is 1. The first-order valence-corrected chi connectivity index (χ1v) is 8.61. The van der Waals surface area contributed by atoms with E-state index >= 15 is 0 Å². The molecular formula is C20H16BrNO4. The molecule has 1 heterocycles. The van der Waals surface area contributed by atoms with Crippen molar-refractivity contribution in [3.63, 3.8) is 0 Å². The smallest absolute Gasteiger partial charge is 0.363 e. The van der Waals surface area contributed by atoms with E-state index in [4.69, 9.17) is 14.2 Å². The first-order chi connectivity index (χ1) is 12.6. The van der Waals surface area contributed by atoms with Gasteiger partial charge in [-0.25, -0.2) is 9.79 Å². The van der Waals surface area contributed by atoms with E-state index in [0.29, 0.717) is 28.5 Å². The van der Waals surface area contributed by atoms with Crippen molar-refractivity contribution in [2.24, 2.45) is 4.99 Å². The fourth-order valence-electron chi connectivity index (χ4n) is 2.38. The number of esters is 1. The number of ether oxygens (including phenoxy) is 3. The monoisotopic (exact) mass is 413 g/mol. The highest BCUT2D eigenvalue weighted by Crippen LogP contribution is 2.37. The molecule has 6 heteroatoms. The highest BCUT2D eigenvalue weighted by Gasteiger charge is 2.24. The van der Waals surface area contributed by atoms with E-state index in [2.05, 4.69) is 27.5 Å². The third kappa shape index (κ3) is 3.86. The van der Waals surface area contributed by atoms with Crippen LogP contribution < -0.4 is 9.47 Å². The van der Waals surface area contributed by atoms with Crippen molar-refractivity contribution < 1.29 is 19.0 Å². The minimum Gasteiger partial charge on any atom is -0.493 e. The van der Waals surface area contributed by atoms with Gasteiger partial charge in [0.1, 0.15) is 6.61 Å². The van der Waals surface area contributed by atoms with E-state index in [-0.39, 0.29) is 5.70 Å². The molecule has 2 aromatic rings. The fourth-order valence-corrected chi connectivity index (χ4v) is 2.95. The van der Waals surface area contributed by atoms with E-state index < -0.39 is 5.97 Å². The molecular weight excluding hydrogens is 398 g/mol. The lowest BCUT2D eigenvalue weighted by Crippen LogP contribution is -2.05. The summed E-state index contributed by atoms with van der Waals surface area (Å²) in [6.45, 7) is 3.98. The van der Waals surface area contributed by atoms with Crippen molar-refractivity contribution >= 4 is 33.9 Å². The molecule has 0 fully saturated rings. The molecule has 0 saturated heterocycles. The Morgan fingerprint density at radius 1 is 1.27 bits per heavy atom. The summed E-state index contributed by atoms with van der Waals surface area (Å²) >= 11 is 3.46. The van der Waals surface area contributed by atoms with Gasteiger partial charge in [0.2, 0.25) is 5.90 Å². The second-order valence-corrected chi connectivity index (χ2v) is 6.19. The molecule has 0 amide bonds. The average Bonchev–Trinajstić information content (AvgIpc) is 3.02. The molecule has 0 N–H and O–H groups in total. The first kappa shape index (κ1) is 17.9. The molecule has 26 heavy (non-hydrogen) atoms. The van der Waals surface area contributed by atoms with Gasteiger partial charge in [-0.1, -0.05) is 30.9 Å². The molecule has 0 saturated carbocycles. The SMILES string of the molecule is C=CCOc1c(Br)cc(/C=C2\N=C(c3ccccc3)OC2=O)cc1OC. The van der Waals surface area contributed by atoms with Crippen molar-refractivity contribution in [3.05, 3.63) is 76.4 Å². The molecule has 0 spiro atoms. The fraction of sp³-hybridized carbons (Fsp3) is 0.100. The highest BCUT2D eigenvalue weighted by molar-refractivity contribution is 9.10. The van der Waals surface area contributed by atoms with Crippen LogP contribution in [0.3, 0.4) is 0 Å². The lowest BCUT2D eigenvalue weighted by Gasteiger charge is -2.12. The summed E-state index contributed by atoms with van der Waals surface area (Å²) in [7, 11) is 1.55. The number of carbonyl (C=O) groups excluding carboxylic acids is 1. The molecule has 0 aliphatic carbocycles. The van der Waals surface area contributed by atoms with Crippen LogP contribution in [0.1, 0.15) is 11.1 Å². The minimum absolute atomic E-state index is 0.220. The second kappa shape index (κ2) is 8.01. The molecule has 1 aliphatic rings. The summed E-state index contributed by atoms with van der Waals surface area (Å²) in [5.41, 5.74) is 1.69. The Labute approximate surface area is 159 Å². The van der Waals surface area contributed by atoms with Gasteiger partial charge in [-0.2, -0.15) is 0 Å². The van der Waals surface area contributed by atoms with Crippen LogP contribution >= 0.6 is 15.9 Å². The topological polar surface area (TPSA) is 57.1 Å². The number of halogens is 1. The van der Waals surface area contributed by atoms with Crippen LogP contribution in [-0.4, -0.2) is 25.6 Å². The molecule has 5 nitrogen and oxygen atoms in total. The predicted octanol–water partition coefficient (Wildman–Crippen LogP) is 4.37. The Kier molecular flexibility index (Phi) is 5.53. The standard InChI is InChI=1S/C20H16BrNO4/c1-3-9-25-18-15(21)10-13(12-17(18)24-2)11-16-20(23)26-19(22-16)14-7-5-4-6-8-14/h3-8,10-12H,1,9H2,2H3/b16-11-. The molecule has 1 aliphatic heterocycles. The van der Waals surface area contributed by atoms with E-state index in [0.717, 1.165) is 11.1 Å².